The van der Waals surface area contributed by atoms with Gasteiger partial charge in [0.15, 0.2) is 0 Å². The van der Waals surface area contributed by atoms with Gasteiger partial charge in [-0.2, -0.15) is 0 Å². The molecule has 2 rings (SSSR count). The summed E-state index contributed by atoms with van der Waals surface area (Å²) in [4.78, 5) is 104. The Morgan fingerprint density at radius 1 is 0.941 bits per heavy atom. The molecule has 0 bridgehead atoms. The molecule has 19 heteroatoms. The summed E-state index contributed by atoms with van der Waals surface area (Å²) in [5.41, 5.74) is 11.4. The number of hydrogen-bond acceptors (Lipinski definition) is 11. The van der Waals surface area contributed by atoms with E-state index in [-0.39, 0.29) is 26.1 Å². The number of hydrogen-bond donors (Lipinski definition) is 9. The van der Waals surface area contributed by atoms with Crippen LogP contribution in [-0.4, -0.2) is 131 Å². The molecule has 5 atom stereocenters. The number of nitrogens with zero attached hydrogens (tertiary/aromatic N) is 2. The lowest BCUT2D eigenvalue weighted by Gasteiger charge is -2.31. The number of rotatable bonds is 20. The number of para-hydroxylation sites is 1. The van der Waals surface area contributed by atoms with Gasteiger partial charge in [0.25, 0.3) is 0 Å². The molecular weight excluding hydrogens is 672 g/mol. The number of benzene rings is 1. The highest BCUT2D eigenvalue weighted by Crippen LogP contribution is 2.20. The zero-order valence-electron chi connectivity index (χ0n) is 28.6. The van der Waals surface area contributed by atoms with Gasteiger partial charge in [-0.05, 0) is 37.3 Å². The SMILES string of the molecule is CC(C)[C@H](NC(=O)[C@H](CO)NC(=O)[C@H](CC(N)=O)NC(=O)C1CCCN1C(=O)[C@@H](N)CC(=O)O)C(=O)N(CC(=O)NCCCO)c1ccccc1. The Morgan fingerprint density at radius 3 is 2.16 bits per heavy atom. The van der Waals surface area contributed by atoms with Crippen LogP contribution in [0.2, 0.25) is 0 Å². The number of aliphatic hydroxyl groups excluding tert-OH is 2. The van der Waals surface area contributed by atoms with Crippen LogP contribution in [0.25, 0.3) is 0 Å². The topological polar surface area (TPSA) is 304 Å². The molecule has 1 aliphatic rings. The van der Waals surface area contributed by atoms with Gasteiger partial charge in [0, 0.05) is 25.4 Å². The van der Waals surface area contributed by atoms with E-state index in [2.05, 4.69) is 21.3 Å². The van der Waals surface area contributed by atoms with Crippen LogP contribution >= 0.6 is 0 Å². The quantitative estimate of drug-likeness (QED) is 0.0588. The molecule has 1 aromatic rings. The summed E-state index contributed by atoms with van der Waals surface area (Å²) in [5, 5.41) is 37.7. The lowest BCUT2D eigenvalue weighted by Crippen LogP contribution is -2.60. The molecule has 0 radical (unpaired) electrons. The van der Waals surface area contributed by atoms with Crippen molar-refractivity contribution in [1.82, 2.24) is 26.2 Å². The van der Waals surface area contributed by atoms with Crippen molar-refractivity contribution >= 4 is 53.0 Å². The van der Waals surface area contributed by atoms with E-state index in [0.717, 1.165) is 9.80 Å². The minimum Gasteiger partial charge on any atom is -0.481 e. The molecule has 282 valence electrons. The molecule has 19 nitrogen and oxygen atoms in total. The van der Waals surface area contributed by atoms with Crippen molar-refractivity contribution in [3.63, 3.8) is 0 Å². The second-order valence-electron chi connectivity index (χ2n) is 12.3. The number of carboxylic acids is 1. The average Bonchev–Trinajstić information content (AvgIpc) is 3.57. The Kier molecular flexibility index (Phi) is 16.9. The lowest BCUT2D eigenvalue weighted by molar-refractivity contribution is -0.144. The molecule has 1 aliphatic heterocycles. The van der Waals surface area contributed by atoms with Crippen molar-refractivity contribution in [3.8, 4) is 0 Å². The van der Waals surface area contributed by atoms with Gasteiger partial charge < -0.3 is 57.9 Å². The normalized spacial score (nSPS) is 16.3. The Balaban J connectivity index is 2.21. The summed E-state index contributed by atoms with van der Waals surface area (Å²) >= 11 is 0. The van der Waals surface area contributed by atoms with E-state index >= 15 is 0 Å². The third-order valence-electron chi connectivity index (χ3n) is 7.93. The van der Waals surface area contributed by atoms with Crippen molar-refractivity contribution < 1.29 is 53.7 Å². The van der Waals surface area contributed by atoms with E-state index in [1.165, 1.54) is 0 Å². The molecule has 0 spiro atoms. The predicted octanol–water partition coefficient (Wildman–Crippen LogP) is -3.71. The van der Waals surface area contributed by atoms with Gasteiger partial charge in [-0.1, -0.05) is 32.0 Å². The highest BCUT2D eigenvalue weighted by Gasteiger charge is 2.39. The van der Waals surface area contributed by atoms with E-state index in [1.54, 1.807) is 44.2 Å². The van der Waals surface area contributed by atoms with Gasteiger partial charge in [0.1, 0.15) is 30.7 Å². The lowest BCUT2D eigenvalue weighted by atomic mass is 10.0. The van der Waals surface area contributed by atoms with Crippen LogP contribution < -0.4 is 37.6 Å². The van der Waals surface area contributed by atoms with E-state index in [1.807, 2.05) is 0 Å². The first-order valence-corrected chi connectivity index (χ1v) is 16.4. The van der Waals surface area contributed by atoms with E-state index in [4.69, 9.17) is 21.7 Å². The Morgan fingerprint density at radius 2 is 1.59 bits per heavy atom. The Bertz CT molecular complexity index is 1410. The van der Waals surface area contributed by atoms with Crippen LogP contribution in [0.3, 0.4) is 0 Å². The smallest absolute Gasteiger partial charge is 0.305 e. The van der Waals surface area contributed by atoms with Crippen molar-refractivity contribution in [2.75, 3.05) is 37.7 Å². The van der Waals surface area contributed by atoms with Gasteiger partial charge in [0.05, 0.1) is 25.5 Å². The molecule has 1 unspecified atom stereocenters. The summed E-state index contributed by atoms with van der Waals surface area (Å²) in [6.07, 6.45) is -0.574. The van der Waals surface area contributed by atoms with E-state index in [9.17, 15) is 43.5 Å². The zero-order valence-corrected chi connectivity index (χ0v) is 28.6. The van der Waals surface area contributed by atoms with E-state index in [0.29, 0.717) is 18.5 Å². The summed E-state index contributed by atoms with van der Waals surface area (Å²) in [6.45, 7) is 1.99. The molecule has 0 aromatic heterocycles. The first-order chi connectivity index (χ1) is 24.1. The number of primary amides is 1. The molecule has 1 saturated heterocycles. The summed E-state index contributed by atoms with van der Waals surface area (Å²) < 4.78 is 0. The van der Waals surface area contributed by atoms with Gasteiger partial charge in [-0.15, -0.1) is 0 Å². The largest absolute Gasteiger partial charge is 0.481 e. The number of nitrogens with two attached hydrogens (primary N) is 2. The van der Waals surface area contributed by atoms with Gasteiger partial charge in [0.2, 0.25) is 41.4 Å². The maximum absolute atomic E-state index is 13.8. The van der Waals surface area contributed by atoms with Crippen LogP contribution in [0.1, 0.15) is 46.0 Å². The fourth-order valence-electron chi connectivity index (χ4n) is 5.28. The van der Waals surface area contributed by atoms with Crippen molar-refractivity contribution in [3.05, 3.63) is 30.3 Å². The fraction of sp³-hybridized carbons (Fsp3) is 0.562. The average molecular weight is 721 g/mol. The van der Waals surface area contributed by atoms with Crippen molar-refractivity contribution in [2.45, 2.75) is 76.2 Å². The number of carbonyl (C=O) groups is 8. The van der Waals surface area contributed by atoms with Crippen LogP contribution in [-0.2, 0) is 38.4 Å². The second kappa shape index (κ2) is 20.5. The molecule has 11 N–H and O–H groups in total. The molecule has 1 heterocycles. The molecule has 1 aromatic carbocycles. The number of anilines is 1. The highest BCUT2D eigenvalue weighted by atomic mass is 16.4. The first kappa shape index (κ1) is 42.0. The second-order valence-corrected chi connectivity index (χ2v) is 12.3. The van der Waals surface area contributed by atoms with Gasteiger partial charge >= 0.3 is 5.97 Å². The minimum atomic E-state index is -1.68. The zero-order chi connectivity index (χ0) is 38.2. The Hall–Kier alpha value is -5.14. The van der Waals surface area contributed by atoms with Crippen LogP contribution in [0.4, 0.5) is 5.69 Å². The maximum atomic E-state index is 13.8. The fourth-order valence-corrected chi connectivity index (χ4v) is 5.28. The van der Waals surface area contributed by atoms with Crippen LogP contribution in [0.5, 0.6) is 0 Å². The number of nitrogens with one attached hydrogen (secondary N) is 4. The molecular formula is C32H48N8O11. The molecule has 0 aliphatic carbocycles. The van der Waals surface area contributed by atoms with Crippen LogP contribution in [0, 0.1) is 5.92 Å². The monoisotopic (exact) mass is 720 g/mol. The van der Waals surface area contributed by atoms with Gasteiger partial charge in [-0.3, -0.25) is 38.4 Å². The van der Waals surface area contributed by atoms with E-state index < -0.39 is 109 Å². The molecule has 0 saturated carbocycles. The number of carboxylic acid groups (broad SMARTS) is 1. The predicted molar refractivity (Wildman–Crippen MR) is 180 cm³/mol. The maximum Gasteiger partial charge on any atom is 0.305 e. The molecule has 7 amide bonds. The van der Waals surface area contributed by atoms with Crippen molar-refractivity contribution in [2.24, 2.45) is 17.4 Å². The third kappa shape index (κ3) is 12.9. The third-order valence-corrected chi connectivity index (χ3v) is 7.93. The number of carbonyl (C=O) groups excluding carboxylic acids is 7. The Labute approximate surface area is 294 Å². The number of amides is 7. The highest BCUT2D eigenvalue weighted by molar-refractivity contribution is 6.04. The van der Waals surface area contributed by atoms with Gasteiger partial charge in [-0.25, -0.2) is 0 Å². The summed E-state index contributed by atoms with van der Waals surface area (Å²) in [7, 11) is 0. The summed E-state index contributed by atoms with van der Waals surface area (Å²) in [5.74, 6) is -7.81. The number of aliphatic hydroxyl groups is 2. The minimum absolute atomic E-state index is 0.0928. The standard InChI is InChI=1S/C32H48N8O11/c1-18(2)27(32(51)40(19-8-4-3-5-9-19)16-25(44)35-11-7-13-41)38-29(48)22(17-42)37-28(47)21(15-24(34)43)36-30(49)23-10-6-12-39(23)31(50)20(33)14-26(45)46/h3-5,8-9,18,20-23,27,41-42H,6-7,10-17,33H2,1-2H3,(H2,34,43)(H,35,44)(H,36,49)(H,37,47)(H,38,48)(H,45,46)/t20-,21-,22-,23?,27-/m0/s1. The van der Waals surface area contributed by atoms with Crippen molar-refractivity contribution in [1.29, 1.82) is 0 Å². The number of likely N-dealkylation sites (tertiary alicyclic amines) is 1. The number of aliphatic carboxylic acids is 1. The first-order valence-electron chi connectivity index (χ1n) is 16.4. The summed E-state index contributed by atoms with van der Waals surface area (Å²) in [6, 6.07) is 1.05. The van der Waals surface area contributed by atoms with Crippen LogP contribution in [0.15, 0.2) is 30.3 Å². The molecule has 51 heavy (non-hydrogen) atoms. The molecule has 1 fully saturated rings.